The second-order valence-electron chi connectivity index (χ2n) is 7.69. The first kappa shape index (κ1) is 20.0. The van der Waals surface area contributed by atoms with Crippen molar-refractivity contribution in [2.24, 2.45) is 7.05 Å². The van der Waals surface area contributed by atoms with Gasteiger partial charge in [-0.05, 0) is 61.5 Å². The molecule has 30 heavy (non-hydrogen) atoms. The lowest BCUT2D eigenvalue weighted by atomic mass is 10.0. The van der Waals surface area contributed by atoms with Crippen LogP contribution in [0.4, 0.5) is 4.79 Å². The summed E-state index contributed by atoms with van der Waals surface area (Å²) in [4.78, 5) is 16.0. The normalized spacial score (nSPS) is 12.4. The molecule has 0 radical (unpaired) electrons. The van der Waals surface area contributed by atoms with Crippen LogP contribution in [0.5, 0.6) is 5.75 Å². The van der Waals surface area contributed by atoms with Crippen molar-refractivity contribution in [3.8, 4) is 5.75 Å². The first-order valence-corrected chi connectivity index (χ1v) is 10.3. The predicted octanol–water partition coefficient (Wildman–Crippen LogP) is 5.09. The number of nitrogens with one attached hydrogen (secondary N) is 1. The molecule has 0 fully saturated rings. The van der Waals surface area contributed by atoms with E-state index in [2.05, 4.69) is 53.1 Å². The van der Waals surface area contributed by atoms with E-state index in [1.54, 1.807) is 0 Å². The Kier molecular flexibility index (Phi) is 5.48. The summed E-state index contributed by atoms with van der Waals surface area (Å²) in [5.41, 5.74) is 3.60. The van der Waals surface area contributed by atoms with Gasteiger partial charge in [0.05, 0.1) is 5.52 Å². The fourth-order valence-corrected chi connectivity index (χ4v) is 3.99. The molecule has 6 nitrogen and oxygen atoms in total. The monoisotopic (exact) mass is 405 g/mol. The average molecular weight is 405 g/mol. The molecule has 6 heteroatoms. The van der Waals surface area contributed by atoms with Crippen LogP contribution in [0.15, 0.2) is 42.7 Å². The van der Waals surface area contributed by atoms with Gasteiger partial charge in [-0.3, -0.25) is 4.98 Å². The van der Waals surface area contributed by atoms with Gasteiger partial charge in [-0.25, -0.2) is 4.79 Å². The van der Waals surface area contributed by atoms with E-state index in [0.717, 1.165) is 28.5 Å². The van der Waals surface area contributed by atoms with Crippen LogP contribution in [0, 0.1) is 6.92 Å². The van der Waals surface area contributed by atoms with Crippen molar-refractivity contribution < 1.29 is 14.3 Å². The zero-order valence-electron chi connectivity index (χ0n) is 17.9. The van der Waals surface area contributed by atoms with Gasteiger partial charge in [-0.2, -0.15) is 0 Å². The fourth-order valence-electron chi connectivity index (χ4n) is 3.99. The zero-order chi connectivity index (χ0) is 21.3. The molecule has 0 aliphatic rings. The minimum absolute atomic E-state index is 0.293. The number of aryl methyl sites for hydroxylation is 2. The molecule has 1 atom stereocenters. The molecule has 2 aromatic carbocycles. The Hall–Kier alpha value is -3.28. The first-order valence-electron chi connectivity index (χ1n) is 10.3. The van der Waals surface area contributed by atoms with Crippen LogP contribution in [0.1, 0.15) is 25.8 Å². The first-order chi connectivity index (χ1) is 14.5. The highest BCUT2D eigenvalue weighted by molar-refractivity contribution is 6.14. The predicted molar refractivity (Wildman–Crippen MR) is 120 cm³/mol. The second-order valence-corrected chi connectivity index (χ2v) is 7.69. The van der Waals surface area contributed by atoms with Crippen molar-refractivity contribution in [2.45, 2.75) is 33.3 Å². The lowest BCUT2D eigenvalue weighted by Crippen LogP contribution is -2.30. The van der Waals surface area contributed by atoms with Crippen molar-refractivity contribution in [3.05, 3.63) is 48.3 Å². The van der Waals surface area contributed by atoms with E-state index in [4.69, 9.17) is 9.47 Å². The molecule has 0 saturated carbocycles. The topological polar surface area (TPSA) is 65.4 Å². The number of alkyl carbamates (subject to hydrolysis) is 1. The Morgan fingerprint density at radius 1 is 1.20 bits per heavy atom. The summed E-state index contributed by atoms with van der Waals surface area (Å²) >= 11 is 0. The van der Waals surface area contributed by atoms with Crippen molar-refractivity contribution in [3.63, 3.8) is 0 Å². The smallest absolute Gasteiger partial charge is 0.407 e. The second kappa shape index (κ2) is 8.22. The summed E-state index contributed by atoms with van der Waals surface area (Å²) in [6, 6.07) is 10.4. The summed E-state index contributed by atoms with van der Waals surface area (Å²) in [6.07, 6.45) is 3.86. The number of hydrogen-bond donors (Lipinski definition) is 1. The van der Waals surface area contributed by atoms with Crippen molar-refractivity contribution >= 4 is 38.7 Å². The van der Waals surface area contributed by atoms with E-state index in [9.17, 15) is 4.79 Å². The molecule has 1 N–H and O–H groups in total. The van der Waals surface area contributed by atoms with Crippen molar-refractivity contribution in [1.29, 1.82) is 0 Å². The summed E-state index contributed by atoms with van der Waals surface area (Å²) in [5.74, 6) is 0.753. The Labute approximate surface area is 175 Å². The Bertz CT molecular complexity index is 1230. The number of fused-ring (bicyclic) bond motifs is 4. The number of ether oxygens (including phenoxy) is 2. The molecular weight excluding hydrogens is 378 g/mol. The minimum atomic E-state index is -0.409. The van der Waals surface area contributed by atoms with Crippen LogP contribution in [0.3, 0.4) is 0 Å². The van der Waals surface area contributed by atoms with Crippen LogP contribution in [-0.2, 0) is 11.8 Å². The Morgan fingerprint density at radius 3 is 2.83 bits per heavy atom. The summed E-state index contributed by atoms with van der Waals surface area (Å²) in [6.45, 7) is 6.88. The molecule has 2 heterocycles. The molecule has 4 rings (SSSR count). The molecule has 0 unspecified atom stereocenters. The molecule has 0 bridgehead atoms. The lowest BCUT2D eigenvalue weighted by molar-refractivity contribution is 0.0755. The van der Waals surface area contributed by atoms with Crippen LogP contribution >= 0.6 is 0 Å². The number of nitrogens with zero attached hydrogens (tertiary/aromatic N) is 2. The Balaban J connectivity index is 1.62. The van der Waals surface area contributed by atoms with Gasteiger partial charge < -0.3 is 19.4 Å². The van der Waals surface area contributed by atoms with Crippen LogP contribution in [0.2, 0.25) is 0 Å². The number of hydrogen-bond acceptors (Lipinski definition) is 4. The third-order valence-corrected chi connectivity index (χ3v) is 5.43. The maximum atomic E-state index is 11.7. The summed E-state index contributed by atoms with van der Waals surface area (Å²) in [7, 11) is 2.09. The van der Waals surface area contributed by atoms with Gasteiger partial charge in [0.1, 0.15) is 18.5 Å². The van der Waals surface area contributed by atoms with Crippen LogP contribution < -0.4 is 10.1 Å². The number of carbonyl (C=O) groups is 1. The number of rotatable bonds is 6. The van der Waals surface area contributed by atoms with Gasteiger partial charge >= 0.3 is 6.09 Å². The van der Waals surface area contributed by atoms with Gasteiger partial charge in [0, 0.05) is 47.7 Å². The number of amides is 1. The third kappa shape index (κ3) is 3.65. The number of aromatic nitrogens is 2. The van der Waals surface area contributed by atoms with E-state index in [1.165, 1.54) is 21.9 Å². The summed E-state index contributed by atoms with van der Waals surface area (Å²) in [5, 5.41) is 7.36. The molecule has 4 aromatic rings. The molecule has 0 spiro atoms. The highest BCUT2D eigenvalue weighted by atomic mass is 16.6. The molecular formula is C24H27N3O3. The molecule has 156 valence electrons. The zero-order valence-corrected chi connectivity index (χ0v) is 17.9. The molecule has 2 aromatic heterocycles. The Morgan fingerprint density at radius 2 is 2.03 bits per heavy atom. The highest BCUT2D eigenvalue weighted by Crippen LogP contribution is 2.36. The maximum absolute atomic E-state index is 11.7. The largest absolute Gasteiger partial charge is 0.490 e. The van der Waals surface area contributed by atoms with Crippen LogP contribution in [0.25, 0.3) is 32.6 Å². The van der Waals surface area contributed by atoms with E-state index in [-0.39, 0.29) is 6.10 Å². The molecule has 0 saturated heterocycles. The minimum Gasteiger partial charge on any atom is -0.490 e. The summed E-state index contributed by atoms with van der Waals surface area (Å²) < 4.78 is 13.5. The van der Waals surface area contributed by atoms with E-state index in [0.29, 0.717) is 13.2 Å². The SMILES string of the molecule is CCCNC(=O)O[C@@H](C)COc1ccc2c(c1)c1cc3cnccc3c(C)c1n2C. The van der Waals surface area contributed by atoms with Gasteiger partial charge in [-0.1, -0.05) is 6.92 Å². The van der Waals surface area contributed by atoms with Crippen molar-refractivity contribution in [2.75, 3.05) is 13.2 Å². The third-order valence-electron chi connectivity index (χ3n) is 5.43. The molecule has 1 amide bonds. The number of carbonyl (C=O) groups excluding carboxylic acids is 1. The molecule has 0 aliphatic heterocycles. The standard InChI is InChI=1S/C24H27N3O3/c1-5-9-26-24(28)30-15(2)14-29-18-6-7-22-20(12-18)21-11-17-13-25-10-8-19(17)16(3)23(21)27(22)4/h6-8,10-13,15H,5,9,14H2,1-4H3,(H,26,28)/t15-/m0/s1. The lowest BCUT2D eigenvalue weighted by Gasteiger charge is -2.15. The van der Waals surface area contributed by atoms with Gasteiger partial charge in [0.2, 0.25) is 0 Å². The van der Waals surface area contributed by atoms with Gasteiger partial charge in [-0.15, -0.1) is 0 Å². The number of pyridine rings is 1. The number of benzene rings is 2. The fraction of sp³-hybridized carbons (Fsp3) is 0.333. The van der Waals surface area contributed by atoms with E-state index in [1.807, 2.05) is 32.3 Å². The van der Waals surface area contributed by atoms with Gasteiger partial charge in [0.15, 0.2) is 0 Å². The highest BCUT2D eigenvalue weighted by Gasteiger charge is 2.15. The average Bonchev–Trinajstić information content (AvgIpc) is 3.02. The van der Waals surface area contributed by atoms with Crippen LogP contribution in [-0.4, -0.2) is 34.9 Å². The van der Waals surface area contributed by atoms with E-state index < -0.39 is 6.09 Å². The quantitative estimate of drug-likeness (QED) is 0.485. The van der Waals surface area contributed by atoms with Crippen molar-refractivity contribution in [1.82, 2.24) is 14.9 Å². The van der Waals surface area contributed by atoms with Gasteiger partial charge in [0.25, 0.3) is 0 Å². The molecule has 0 aliphatic carbocycles. The maximum Gasteiger partial charge on any atom is 0.407 e. The van der Waals surface area contributed by atoms with E-state index >= 15 is 0 Å².